The molecular weight excluding hydrogens is 731 g/mol. The monoisotopic (exact) mass is 826 g/mol. The molecule has 0 spiro atoms. The number of hydrogen-bond donors (Lipinski definition) is 3. The van der Waals surface area contributed by atoms with Crippen LogP contribution < -0.4 is 5.32 Å². The Kier molecular flexibility index (Phi) is 44.7. The third kappa shape index (κ3) is 42.1. The molecule has 0 heterocycles. The van der Waals surface area contributed by atoms with E-state index in [1.165, 1.54) is 96.3 Å². The van der Waals surface area contributed by atoms with Gasteiger partial charge in [0.2, 0.25) is 5.91 Å². The second-order valence-corrected chi connectivity index (χ2v) is 16.9. The molecular formula is C53H95NO5. The molecule has 0 aliphatic rings. The van der Waals surface area contributed by atoms with Gasteiger partial charge in [-0.15, -0.1) is 0 Å². The molecule has 0 saturated carbocycles. The van der Waals surface area contributed by atoms with Crippen molar-refractivity contribution in [2.24, 2.45) is 0 Å². The smallest absolute Gasteiger partial charge is 0.306 e. The standard InChI is InChI=1S/C53H95NO5/c1-4-7-10-13-16-19-22-23-24-25-26-27-28-29-31-34-37-40-43-46-53(58)59-49(44-41-38-35-32-21-18-15-12-9-6-3)47-52(57)54-50(48-55)51(56)45-42-39-36-33-30-20-17-14-11-8-5-2/h16,18-19,21,23-24,26-27,29,31,49-51,55-56H,4-15,17,20,22,25,28,30,32-48H2,1-3H3,(H,54,57)/b19-16-,21-18-,24-23-,27-26-,31-29-. The van der Waals surface area contributed by atoms with Crippen molar-refractivity contribution < 1.29 is 24.5 Å². The first-order valence-corrected chi connectivity index (χ1v) is 25.0. The summed E-state index contributed by atoms with van der Waals surface area (Å²) in [6.45, 7) is 6.40. The van der Waals surface area contributed by atoms with E-state index in [1.807, 2.05) is 0 Å². The zero-order chi connectivity index (χ0) is 43.1. The minimum Gasteiger partial charge on any atom is -0.462 e. The number of carbonyl (C=O) groups excluding carboxylic acids is 2. The number of esters is 1. The van der Waals surface area contributed by atoms with Crippen molar-refractivity contribution in [2.75, 3.05) is 6.61 Å². The van der Waals surface area contributed by atoms with Crippen LogP contribution in [-0.4, -0.2) is 46.9 Å². The number of ether oxygens (including phenoxy) is 1. The lowest BCUT2D eigenvalue weighted by molar-refractivity contribution is -0.151. The van der Waals surface area contributed by atoms with Crippen LogP contribution in [0.4, 0.5) is 0 Å². The molecule has 3 unspecified atom stereocenters. The van der Waals surface area contributed by atoms with Crippen LogP contribution in [0.25, 0.3) is 0 Å². The minimum atomic E-state index is -0.797. The molecule has 0 aromatic carbocycles. The molecule has 3 N–H and O–H groups in total. The van der Waals surface area contributed by atoms with Crippen LogP contribution in [-0.2, 0) is 14.3 Å². The van der Waals surface area contributed by atoms with Crippen molar-refractivity contribution >= 4 is 11.9 Å². The number of hydrogen-bond acceptors (Lipinski definition) is 5. The van der Waals surface area contributed by atoms with E-state index in [-0.39, 0.29) is 24.9 Å². The predicted octanol–water partition coefficient (Wildman–Crippen LogP) is 14.8. The molecule has 0 aromatic rings. The Balaban J connectivity index is 4.58. The average Bonchev–Trinajstić information content (AvgIpc) is 3.23. The van der Waals surface area contributed by atoms with E-state index >= 15 is 0 Å². The van der Waals surface area contributed by atoms with Gasteiger partial charge in [0.05, 0.1) is 25.2 Å². The number of unbranched alkanes of at least 4 members (excludes halogenated alkanes) is 22. The number of aliphatic hydroxyl groups excluding tert-OH is 2. The molecule has 1 amide bonds. The topological polar surface area (TPSA) is 95.9 Å². The highest BCUT2D eigenvalue weighted by atomic mass is 16.5. The number of allylic oxidation sites excluding steroid dienone is 10. The highest BCUT2D eigenvalue weighted by Gasteiger charge is 2.24. The third-order valence-electron chi connectivity index (χ3n) is 11.1. The maximum absolute atomic E-state index is 13.1. The van der Waals surface area contributed by atoms with Crippen molar-refractivity contribution in [1.29, 1.82) is 0 Å². The number of amides is 1. The van der Waals surface area contributed by atoms with E-state index in [0.717, 1.165) is 96.3 Å². The van der Waals surface area contributed by atoms with Crippen molar-refractivity contribution in [3.8, 4) is 0 Å². The molecule has 0 aliphatic heterocycles. The molecule has 0 aliphatic carbocycles. The van der Waals surface area contributed by atoms with Crippen molar-refractivity contribution in [3.63, 3.8) is 0 Å². The molecule has 59 heavy (non-hydrogen) atoms. The van der Waals surface area contributed by atoms with Gasteiger partial charge in [-0.2, -0.15) is 0 Å². The van der Waals surface area contributed by atoms with Gasteiger partial charge in [-0.25, -0.2) is 0 Å². The summed E-state index contributed by atoms with van der Waals surface area (Å²) >= 11 is 0. The molecule has 3 atom stereocenters. The van der Waals surface area contributed by atoms with Crippen LogP contribution in [0, 0.1) is 0 Å². The first kappa shape index (κ1) is 56.6. The lowest BCUT2D eigenvalue weighted by Crippen LogP contribution is -2.46. The lowest BCUT2D eigenvalue weighted by Gasteiger charge is -2.24. The molecule has 342 valence electrons. The summed E-state index contributed by atoms with van der Waals surface area (Å²) in [7, 11) is 0. The Labute approximate surface area is 365 Å². The Morgan fingerprint density at radius 1 is 0.492 bits per heavy atom. The van der Waals surface area contributed by atoms with Gasteiger partial charge in [0.1, 0.15) is 6.10 Å². The van der Waals surface area contributed by atoms with Crippen LogP contribution in [0.2, 0.25) is 0 Å². The lowest BCUT2D eigenvalue weighted by atomic mass is 10.0. The molecule has 0 fully saturated rings. The Bertz CT molecular complexity index is 1060. The fraction of sp³-hybridized carbons (Fsp3) is 0.774. The molecule has 6 nitrogen and oxygen atoms in total. The number of carbonyl (C=O) groups is 2. The second-order valence-electron chi connectivity index (χ2n) is 16.9. The van der Waals surface area contributed by atoms with Crippen molar-refractivity contribution in [2.45, 2.75) is 257 Å². The zero-order valence-corrected chi connectivity index (χ0v) is 38.9. The largest absolute Gasteiger partial charge is 0.462 e. The maximum Gasteiger partial charge on any atom is 0.306 e. The van der Waals surface area contributed by atoms with E-state index in [2.05, 4.69) is 86.8 Å². The van der Waals surface area contributed by atoms with Gasteiger partial charge in [0.25, 0.3) is 0 Å². The summed E-state index contributed by atoms with van der Waals surface area (Å²) in [6.07, 6.45) is 57.1. The van der Waals surface area contributed by atoms with Gasteiger partial charge < -0.3 is 20.3 Å². The predicted molar refractivity (Wildman–Crippen MR) is 255 cm³/mol. The fourth-order valence-electron chi connectivity index (χ4n) is 7.23. The first-order chi connectivity index (χ1) is 29.0. The van der Waals surface area contributed by atoms with E-state index in [0.29, 0.717) is 19.3 Å². The number of nitrogens with one attached hydrogen (secondary N) is 1. The molecule has 0 rings (SSSR count). The van der Waals surface area contributed by atoms with Gasteiger partial charge in [-0.1, -0.05) is 191 Å². The third-order valence-corrected chi connectivity index (χ3v) is 11.1. The van der Waals surface area contributed by atoms with Gasteiger partial charge in [0, 0.05) is 6.42 Å². The SMILES string of the molecule is CCCCC/C=C\C/C=C\C/C=C\C/C=C\CCCCCC(=O)OC(CCCCC/C=C\CCCCC)CC(=O)NC(CO)C(O)CCCCCCCCCCCCC. The van der Waals surface area contributed by atoms with E-state index in [1.54, 1.807) is 0 Å². The summed E-state index contributed by atoms with van der Waals surface area (Å²) in [5, 5.41) is 23.7. The van der Waals surface area contributed by atoms with Gasteiger partial charge in [-0.3, -0.25) is 9.59 Å². The first-order valence-electron chi connectivity index (χ1n) is 25.0. The van der Waals surface area contributed by atoms with Crippen LogP contribution in [0.1, 0.15) is 239 Å². The van der Waals surface area contributed by atoms with Gasteiger partial charge >= 0.3 is 5.97 Å². The number of aliphatic hydroxyl groups is 2. The Morgan fingerprint density at radius 2 is 0.864 bits per heavy atom. The summed E-state index contributed by atoms with van der Waals surface area (Å²) < 4.78 is 5.89. The molecule has 0 radical (unpaired) electrons. The van der Waals surface area contributed by atoms with Crippen LogP contribution >= 0.6 is 0 Å². The van der Waals surface area contributed by atoms with Gasteiger partial charge in [0.15, 0.2) is 0 Å². The second kappa shape index (κ2) is 46.6. The molecule has 0 saturated heterocycles. The molecule has 6 heteroatoms. The summed E-state index contributed by atoms with van der Waals surface area (Å²) in [5.41, 5.74) is 0. The normalized spacial score (nSPS) is 13.8. The molecule has 0 bridgehead atoms. The maximum atomic E-state index is 13.1. The van der Waals surface area contributed by atoms with E-state index in [4.69, 9.17) is 4.74 Å². The zero-order valence-electron chi connectivity index (χ0n) is 38.9. The Morgan fingerprint density at radius 3 is 1.36 bits per heavy atom. The average molecular weight is 826 g/mol. The van der Waals surface area contributed by atoms with Crippen LogP contribution in [0.5, 0.6) is 0 Å². The quantitative estimate of drug-likeness (QED) is 0.0323. The number of rotatable bonds is 44. The summed E-state index contributed by atoms with van der Waals surface area (Å²) in [6, 6.07) is -0.712. The summed E-state index contributed by atoms with van der Waals surface area (Å²) in [4.78, 5) is 26.0. The van der Waals surface area contributed by atoms with Gasteiger partial charge in [-0.05, 0) is 96.3 Å². The molecule has 0 aromatic heterocycles. The van der Waals surface area contributed by atoms with E-state index in [9.17, 15) is 19.8 Å². The van der Waals surface area contributed by atoms with Crippen LogP contribution in [0.3, 0.4) is 0 Å². The van der Waals surface area contributed by atoms with Crippen molar-refractivity contribution in [3.05, 3.63) is 60.8 Å². The minimum absolute atomic E-state index is 0.0524. The van der Waals surface area contributed by atoms with E-state index < -0.39 is 18.2 Å². The highest BCUT2D eigenvalue weighted by molar-refractivity contribution is 5.77. The Hall–Kier alpha value is -2.44. The fourth-order valence-corrected chi connectivity index (χ4v) is 7.23. The summed E-state index contributed by atoms with van der Waals surface area (Å²) in [5.74, 6) is -0.528. The van der Waals surface area contributed by atoms with Crippen molar-refractivity contribution in [1.82, 2.24) is 5.32 Å². The van der Waals surface area contributed by atoms with Crippen LogP contribution in [0.15, 0.2) is 60.8 Å². The highest BCUT2D eigenvalue weighted by Crippen LogP contribution is 2.17.